The van der Waals surface area contributed by atoms with Gasteiger partial charge >= 0.3 is 5.97 Å². The number of carbonyl (C=O) groups excluding carboxylic acids is 1. The number of benzene rings is 1. The molecule has 0 spiro atoms. The number of methoxy groups -OCH3 is 1. The standard InChI is InChI=1S/C9H9BrN2O2S/c1-14-8(13)5-2-6(10)4-7(3-5)12-9(11)15/h2-4H,1H3,(H3,11,12,15). The first kappa shape index (κ1) is 11.9. The SMILES string of the molecule is COC(=O)c1cc(Br)cc(NC(N)=S)c1. The van der Waals surface area contributed by atoms with Crippen molar-refractivity contribution in [2.45, 2.75) is 0 Å². The minimum Gasteiger partial charge on any atom is -0.465 e. The van der Waals surface area contributed by atoms with Gasteiger partial charge in [0.25, 0.3) is 0 Å². The van der Waals surface area contributed by atoms with E-state index in [0.29, 0.717) is 11.3 Å². The van der Waals surface area contributed by atoms with Gasteiger partial charge in [-0.25, -0.2) is 4.79 Å². The topological polar surface area (TPSA) is 64.3 Å². The Morgan fingerprint density at radius 3 is 2.73 bits per heavy atom. The summed E-state index contributed by atoms with van der Waals surface area (Å²) in [7, 11) is 1.32. The van der Waals surface area contributed by atoms with Crippen LogP contribution in [-0.4, -0.2) is 18.2 Å². The number of halogens is 1. The molecule has 0 bridgehead atoms. The van der Waals surface area contributed by atoms with Crippen LogP contribution in [0.2, 0.25) is 0 Å². The van der Waals surface area contributed by atoms with Crippen LogP contribution in [0.15, 0.2) is 22.7 Å². The molecule has 1 aromatic rings. The van der Waals surface area contributed by atoms with E-state index in [9.17, 15) is 4.79 Å². The van der Waals surface area contributed by atoms with Crippen LogP contribution in [0.5, 0.6) is 0 Å². The van der Waals surface area contributed by atoms with Gasteiger partial charge in [0, 0.05) is 10.2 Å². The van der Waals surface area contributed by atoms with Crippen molar-refractivity contribution < 1.29 is 9.53 Å². The molecule has 0 heterocycles. The summed E-state index contributed by atoms with van der Waals surface area (Å²) in [5, 5.41) is 2.88. The number of thiocarbonyl (C=S) groups is 1. The smallest absolute Gasteiger partial charge is 0.337 e. The van der Waals surface area contributed by atoms with E-state index < -0.39 is 5.97 Å². The first-order valence-electron chi connectivity index (χ1n) is 3.98. The van der Waals surface area contributed by atoms with Crippen molar-refractivity contribution in [3.05, 3.63) is 28.2 Å². The number of nitrogens with two attached hydrogens (primary N) is 1. The van der Waals surface area contributed by atoms with Crippen molar-refractivity contribution in [1.29, 1.82) is 0 Å². The molecule has 0 radical (unpaired) electrons. The highest BCUT2D eigenvalue weighted by atomic mass is 79.9. The van der Waals surface area contributed by atoms with Gasteiger partial charge in [0.1, 0.15) is 0 Å². The zero-order valence-corrected chi connectivity index (χ0v) is 10.3. The van der Waals surface area contributed by atoms with E-state index >= 15 is 0 Å². The lowest BCUT2D eigenvalue weighted by molar-refractivity contribution is 0.0600. The largest absolute Gasteiger partial charge is 0.465 e. The van der Waals surface area contributed by atoms with Crippen molar-refractivity contribution in [3.8, 4) is 0 Å². The fraction of sp³-hybridized carbons (Fsp3) is 0.111. The van der Waals surface area contributed by atoms with E-state index in [2.05, 4.69) is 26.0 Å². The highest BCUT2D eigenvalue weighted by Crippen LogP contribution is 2.20. The summed E-state index contributed by atoms with van der Waals surface area (Å²) in [5.41, 5.74) is 6.38. The molecule has 4 nitrogen and oxygen atoms in total. The fourth-order valence-electron chi connectivity index (χ4n) is 1.04. The quantitative estimate of drug-likeness (QED) is 0.643. The van der Waals surface area contributed by atoms with Gasteiger partial charge in [0.15, 0.2) is 5.11 Å². The van der Waals surface area contributed by atoms with Crippen LogP contribution in [0.3, 0.4) is 0 Å². The molecule has 1 rings (SSSR count). The number of rotatable bonds is 2. The van der Waals surface area contributed by atoms with E-state index in [1.807, 2.05) is 0 Å². The van der Waals surface area contributed by atoms with Crippen LogP contribution in [0.1, 0.15) is 10.4 Å². The Morgan fingerprint density at radius 1 is 1.53 bits per heavy atom. The molecule has 3 N–H and O–H groups in total. The number of hydrogen-bond donors (Lipinski definition) is 2. The summed E-state index contributed by atoms with van der Waals surface area (Å²) in [6.45, 7) is 0. The monoisotopic (exact) mass is 288 g/mol. The highest BCUT2D eigenvalue weighted by molar-refractivity contribution is 9.10. The third kappa shape index (κ3) is 3.49. The van der Waals surface area contributed by atoms with E-state index in [4.69, 9.17) is 18.0 Å². The normalized spacial score (nSPS) is 9.47. The average Bonchev–Trinajstić information content (AvgIpc) is 2.14. The van der Waals surface area contributed by atoms with Crippen molar-refractivity contribution in [2.24, 2.45) is 5.73 Å². The lowest BCUT2D eigenvalue weighted by Gasteiger charge is -2.06. The summed E-state index contributed by atoms with van der Waals surface area (Å²) in [4.78, 5) is 11.3. The molecule has 80 valence electrons. The van der Waals surface area contributed by atoms with Gasteiger partial charge < -0.3 is 15.8 Å². The Kier molecular flexibility index (Phi) is 4.05. The Hall–Kier alpha value is -1.14. The van der Waals surface area contributed by atoms with Gasteiger partial charge in [-0.2, -0.15) is 0 Å². The van der Waals surface area contributed by atoms with E-state index in [0.717, 1.165) is 4.47 Å². The molecule has 0 aliphatic rings. The molecular weight excluding hydrogens is 280 g/mol. The first-order valence-corrected chi connectivity index (χ1v) is 5.18. The molecule has 0 saturated carbocycles. The molecule has 0 aliphatic heterocycles. The Morgan fingerprint density at radius 2 is 2.20 bits per heavy atom. The zero-order valence-electron chi connectivity index (χ0n) is 7.91. The maximum atomic E-state index is 11.3. The van der Waals surface area contributed by atoms with Gasteiger partial charge in [-0.3, -0.25) is 0 Å². The summed E-state index contributed by atoms with van der Waals surface area (Å²) in [6, 6.07) is 5.01. The van der Waals surface area contributed by atoms with Crippen LogP contribution in [0.25, 0.3) is 0 Å². The van der Waals surface area contributed by atoms with Crippen molar-refractivity contribution in [1.82, 2.24) is 0 Å². The molecule has 1 aromatic carbocycles. The maximum Gasteiger partial charge on any atom is 0.337 e. The second kappa shape index (κ2) is 5.09. The van der Waals surface area contributed by atoms with Crippen LogP contribution in [0.4, 0.5) is 5.69 Å². The molecular formula is C9H9BrN2O2S. The summed E-state index contributed by atoms with van der Waals surface area (Å²) >= 11 is 7.96. The van der Waals surface area contributed by atoms with Crippen molar-refractivity contribution in [2.75, 3.05) is 12.4 Å². The molecule has 0 amide bonds. The van der Waals surface area contributed by atoms with Crippen LogP contribution in [-0.2, 0) is 4.74 Å². The van der Waals surface area contributed by atoms with Crippen LogP contribution in [0, 0.1) is 0 Å². The lowest BCUT2D eigenvalue weighted by Crippen LogP contribution is -2.19. The van der Waals surface area contributed by atoms with Gasteiger partial charge in [0.2, 0.25) is 0 Å². The third-order valence-corrected chi connectivity index (χ3v) is 2.15. The number of hydrogen-bond acceptors (Lipinski definition) is 3. The number of ether oxygens (including phenoxy) is 1. The highest BCUT2D eigenvalue weighted by Gasteiger charge is 2.07. The van der Waals surface area contributed by atoms with Gasteiger partial charge in [0.05, 0.1) is 12.7 Å². The summed E-state index contributed by atoms with van der Waals surface area (Å²) in [5.74, 6) is -0.415. The molecule has 6 heteroatoms. The number of carbonyl (C=O) groups is 1. The molecule has 15 heavy (non-hydrogen) atoms. The number of anilines is 1. The predicted octanol–water partition coefficient (Wildman–Crippen LogP) is 1.89. The van der Waals surface area contributed by atoms with E-state index in [-0.39, 0.29) is 5.11 Å². The number of nitrogens with one attached hydrogen (secondary N) is 1. The Bertz CT molecular complexity index is 409. The fourth-order valence-corrected chi connectivity index (χ4v) is 1.65. The molecule has 0 saturated heterocycles. The van der Waals surface area contributed by atoms with E-state index in [1.54, 1.807) is 18.2 Å². The summed E-state index contributed by atoms with van der Waals surface area (Å²) in [6.07, 6.45) is 0. The molecule has 0 aromatic heterocycles. The number of esters is 1. The molecule has 0 unspecified atom stereocenters. The van der Waals surface area contributed by atoms with Crippen molar-refractivity contribution >= 4 is 44.9 Å². The second-order valence-electron chi connectivity index (χ2n) is 2.71. The second-order valence-corrected chi connectivity index (χ2v) is 4.06. The van der Waals surface area contributed by atoms with Gasteiger partial charge in [-0.15, -0.1) is 0 Å². The first-order chi connectivity index (χ1) is 7.02. The maximum absolute atomic E-state index is 11.3. The predicted molar refractivity (Wildman–Crippen MR) is 65.9 cm³/mol. The minimum absolute atomic E-state index is 0.143. The summed E-state index contributed by atoms with van der Waals surface area (Å²) < 4.78 is 5.34. The van der Waals surface area contributed by atoms with Crippen LogP contribution < -0.4 is 11.1 Å². The Balaban J connectivity index is 3.04. The third-order valence-electron chi connectivity index (χ3n) is 1.59. The molecule has 0 aliphatic carbocycles. The molecule has 0 fully saturated rings. The zero-order chi connectivity index (χ0) is 11.4. The van der Waals surface area contributed by atoms with E-state index in [1.165, 1.54) is 7.11 Å². The van der Waals surface area contributed by atoms with Crippen molar-refractivity contribution in [3.63, 3.8) is 0 Å². The Labute approximate surface area is 101 Å². The molecule has 0 atom stereocenters. The minimum atomic E-state index is -0.415. The van der Waals surface area contributed by atoms with Crippen LogP contribution >= 0.6 is 28.1 Å². The lowest BCUT2D eigenvalue weighted by atomic mass is 10.2. The average molecular weight is 289 g/mol. The van der Waals surface area contributed by atoms with Gasteiger partial charge in [-0.1, -0.05) is 15.9 Å². The van der Waals surface area contributed by atoms with Gasteiger partial charge in [-0.05, 0) is 30.4 Å².